The fraction of sp³-hybridized carbons (Fsp3) is 1.00. The number of hydrogen-bond donors (Lipinski definition) is 1. The van der Waals surface area contributed by atoms with E-state index in [2.05, 4.69) is 5.09 Å². The number of rotatable bonds is 3. The standard InChI is InChI=1S/C3H8Cl2NOP/c1-6-8(5,7)3-2-4/h2-3H2,1H3,(H,6,7). The van der Waals surface area contributed by atoms with Crippen molar-refractivity contribution in [2.75, 3.05) is 19.1 Å². The van der Waals surface area contributed by atoms with E-state index in [-0.39, 0.29) is 0 Å². The van der Waals surface area contributed by atoms with Crippen LogP contribution < -0.4 is 5.09 Å². The van der Waals surface area contributed by atoms with Gasteiger partial charge in [0.25, 0.3) is 0 Å². The first-order valence-electron chi connectivity index (χ1n) is 2.16. The maximum atomic E-state index is 10.8. The van der Waals surface area contributed by atoms with Crippen LogP contribution in [0, 0.1) is 0 Å². The quantitative estimate of drug-likeness (QED) is 0.525. The Kier molecular flexibility index (Phi) is 4.09. The summed E-state index contributed by atoms with van der Waals surface area (Å²) in [5.41, 5.74) is 0. The third kappa shape index (κ3) is 3.73. The van der Waals surface area contributed by atoms with Crippen molar-refractivity contribution in [1.82, 2.24) is 5.09 Å². The summed E-state index contributed by atoms with van der Waals surface area (Å²) in [6, 6.07) is 0. The molecule has 0 aliphatic rings. The van der Waals surface area contributed by atoms with Crippen molar-refractivity contribution < 1.29 is 4.57 Å². The van der Waals surface area contributed by atoms with E-state index >= 15 is 0 Å². The predicted octanol–water partition coefficient (Wildman–Crippen LogP) is 1.88. The first kappa shape index (κ1) is 8.77. The van der Waals surface area contributed by atoms with Crippen LogP contribution in [0.1, 0.15) is 0 Å². The lowest BCUT2D eigenvalue weighted by Gasteiger charge is -2.03. The van der Waals surface area contributed by atoms with Crippen LogP contribution in [0.25, 0.3) is 0 Å². The van der Waals surface area contributed by atoms with E-state index in [1.54, 1.807) is 7.05 Å². The van der Waals surface area contributed by atoms with Crippen LogP contribution in [-0.2, 0) is 4.57 Å². The molecule has 1 N–H and O–H groups in total. The van der Waals surface area contributed by atoms with E-state index in [0.717, 1.165) is 0 Å². The average molecular weight is 176 g/mol. The molecule has 50 valence electrons. The minimum absolute atomic E-state index is 0.335. The molecule has 2 nitrogen and oxygen atoms in total. The fourth-order valence-electron chi connectivity index (χ4n) is 0.221. The zero-order chi connectivity index (χ0) is 6.62. The molecule has 0 fully saturated rings. The van der Waals surface area contributed by atoms with E-state index < -0.39 is 6.65 Å². The number of alkyl halides is 1. The van der Waals surface area contributed by atoms with Gasteiger partial charge in [-0.3, -0.25) is 9.65 Å². The van der Waals surface area contributed by atoms with Crippen molar-refractivity contribution in [2.24, 2.45) is 0 Å². The summed E-state index contributed by atoms with van der Waals surface area (Å²) in [5.74, 6) is 0.335. The topological polar surface area (TPSA) is 29.1 Å². The molecule has 8 heavy (non-hydrogen) atoms. The van der Waals surface area contributed by atoms with E-state index in [4.69, 9.17) is 22.8 Å². The van der Waals surface area contributed by atoms with Gasteiger partial charge >= 0.3 is 0 Å². The lowest BCUT2D eigenvalue weighted by Crippen LogP contribution is -2.01. The monoisotopic (exact) mass is 175 g/mol. The maximum Gasteiger partial charge on any atom is 0.233 e. The highest BCUT2D eigenvalue weighted by molar-refractivity contribution is 7.87. The largest absolute Gasteiger partial charge is 0.289 e. The van der Waals surface area contributed by atoms with Crippen LogP contribution in [0.2, 0.25) is 0 Å². The zero-order valence-electron chi connectivity index (χ0n) is 4.53. The average Bonchev–Trinajstić information content (AvgIpc) is 1.67. The third-order valence-electron chi connectivity index (χ3n) is 0.706. The second-order valence-corrected chi connectivity index (χ2v) is 5.50. The van der Waals surface area contributed by atoms with Crippen LogP contribution in [0.5, 0.6) is 0 Å². The van der Waals surface area contributed by atoms with Gasteiger partial charge in [0, 0.05) is 12.0 Å². The Hall–Kier alpha value is 0.770. The van der Waals surface area contributed by atoms with Crippen LogP contribution in [0.3, 0.4) is 0 Å². The Balaban J connectivity index is 3.55. The van der Waals surface area contributed by atoms with Gasteiger partial charge in [-0.1, -0.05) is 0 Å². The molecule has 0 aliphatic heterocycles. The van der Waals surface area contributed by atoms with E-state index in [1.807, 2.05) is 0 Å². The molecule has 0 aromatic rings. The molecular weight excluding hydrogens is 168 g/mol. The van der Waals surface area contributed by atoms with Crippen LogP contribution >= 0.6 is 29.5 Å². The zero-order valence-corrected chi connectivity index (χ0v) is 6.93. The minimum Gasteiger partial charge on any atom is -0.289 e. The van der Waals surface area contributed by atoms with Crippen molar-refractivity contribution in [3.63, 3.8) is 0 Å². The SMILES string of the molecule is CNP(=O)(Cl)CCCl. The van der Waals surface area contributed by atoms with Gasteiger partial charge < -0.3 is 0 Å². The first-order valence-corrected chi connectivity index (χ1v) is 5.49. The summed E-state index contributed by atoms with van der Waals surface area (Å²) in [7, 11) is 1.56. The van der Waals surface area contributed by atoms with Gasteiger partial charge in [0.2, 0.25) is 6.65 Å². The summed E-state index contributed by atoms with van der Waals surface area (Å²) in [4.78, 5) is 0. The van der Waals surface area contributed by atoms with E-state index in [9.17, 15) is 4.57 Å². The Morgan fingerprint density at radius 1 is 1.75 bits per heavy atom. The van der Waals surface area contributed by atoms with Gasteiger partial charge in [-0.2, -0.15) is 0 Å². The maximum absolute atomic E-state index is 10.8. The molecule has 0 saturated carbocycles. The lowest BCUT2D eigenvalue weighted by atomic mass is 11.0. The third-order valence-corrected chi connectivity index (χ3v) is 3.64. The van der Waals surface area contributed by atoms with Gasteiger partial charge in [0.1, 0.15) is 0 Å². The Bertz CT molecular complexity index is 107. The van der Waals surface area contributed by atoms with E-state index in [0.29, 0.717) is 12.0 Å². The van der Waals surface area contributed by atoms with Gasteiger partial charge in [-0.15, -0.1) is 11.6 Å². The van der Waals surface area contributed by atoms with Gasteiger partial charge in [0.05, 0.1) is 0 Å². The highest BCUT2D eigenvalue weighted by Gasteiger charge is 2.12. The smallest absolute Gasteiger partial charge is 0.233 e. The normalized spacial score (nSPS) is 17.9. The molecule has 5 heteroatoms. The molecule has 0 amide bonds. The second-order valence-electron chi connectivity index (χ2n) is 1.29. The minimum atomic E-state index is -2.58. The van der Waals surface area contributed by atoms with Crippen molar-refractivity contribution >= 4 is 29.5 Å². The van der Waals surface area contributed by atoms with Gasteiger partial charge in [-0.05, 0) is 18.3 Å². The molecule has 0 heterocycles. The second kappa shape index (κ2) is 3.73. The predicted molar refractivity (Wildman–Crippen MR) is 38.1 cm³/mol. The molecule has 0 aliphatic carbocycles. The molecule has 0 rings (SSSR count). The number of halogens is 2. The van der Waals surface area contributed by atoms with Crippen molar-refractivity contribution in [3.8, 4) is 0 Å². The highest BCUT2D eigenvalue weighted by Crippen LogP contribution is 2.45. The summed E-state index contributed by atoms with van der Waals surface area (Å²) in [6.07, 6.45) is 0.340. The molecule has 0 aromatic carbocycles. The lowest BCUT2D eigenvalue weighted by molar-refractivity contribution is 0.580. The van der Waals surface area contributed by atoms with Crippen molar-refractivity contribution in [1.29, 1.82) is 0 Å². The summed E-state index contributed by atoms with van der Waals surface area (Å²) in [6.45, 7) is -2.58. The van der Waals surface area contributed by atoms with Crippen LogP contribution in [0.4, 0.5) is 0 Å². The Morgan fingerprint density at radius 2 is 2.25 bits per heavy atom. The van der Waals surface area contributed by atoms with Crippen LogP contribution in [0.15, 0.2) is 0 Å². The molecule has 0 saturated heterocycles. The van der Waals surface area contributed by atoms with E-state index in [1.165, 1.54) is 0 Å². The summed E-state index contributed by atoms with van der Waals surface area (Å²) < 4.78 is 10.8. The van der Waals surface area contributed by atoms with Crippen molar-refractivity contribution in [2.45, 2.75) is 0 Å². The number of nitrogens with one attached hydrogen (secondary N) is 1. The van der Waals surface area contributed by atoms with Gasteiger partial charge in [0.15, 0.2) is 0 Å². The first-order chi connectivity index (χ1) is 3.62. The van der Waals surface area contributed by atoms with Crippen molar-refractivity contribution in [3.05, 3.63) is 0 Å². The Labute approximate surface area is 58.8 Å². The highest BCUT2D eigenvalue weighted by atomic mass is 35.7. The molecule has 0 bridgehead atoms. The Morgan fingerprint density at radius 3 is 2.38 bits per heavy atom. The molecule has 0 spiro atoms. The summed E-state index contributed by atoms with van der Waals surface area (Å²) in [5, 5.41) is 2.48. The van der Waals surface area contributed by atoms with Gasteiger partial charge in [-0.25, -0.2) is 0 Å². The summed E-state index contributed by atoms with van der Waals surface area (Å²) >= 11 is 10.6. The molecular formula is C3H8Cl2NOP. The fourth-order valence-corrected chi connectivity index (χ4v) is 1.89. The molecule has 0 radical (unpaired) electrons. The molecule has 1 unspecified atom stereocenters. The van der Waals surface area contributed by atoms with Crippen LogP contribution in [-0.4, -0.2) is 19.1 Å². The molecule has 1 atom stereocenters. The number of hydrogen-bond acceptors (Lipinski definition) is 1. The molecule has 0 aromatic heterocycles.